The molecule has 1 aromatic heterocycles. The molecule has 0 N–H and O–H groups in total. The van der Waals surface area contributed by atoms with Crippen molar-refractivity contribution in [1.82, 2.24) is 14.9 Å². The van der Waals surface area contributed by atoms with Gasteiger partial charge in [0.25, 0.3) is 0 Å². The van der Waals surface area contributed by atoms with Crippen molar-refractivity contribution in [3.8, 4) is 28.6 Å². The zero-order chi connectivity index (χ0) is 26.1. The molecule has 0 unspecified atom stereocenters. The molecular weight excluding hydrogens is 538 g/mol. The molecule has 11 heteroatoms. The van der Waals surface area contributed by atoms with Crippen LogP contribution in [-0.4, -0.2) is 41.9 Å². The van der Waals surface area contributed by atoms with Crippen LogP contribution in [-0.2, 0) is 0 Å². The fourth-order valence-corrected chi connectivity index (χ4v) is 5.12. The van der Waals surface area contributed by atoms with Gasteiger partial charge in [0.1, 0.15) is 17.3 Å². The smallest absolute Gasteiger partial charge is 0.217 e. The molecule has 0 saturated heterocycles. The van der Waals surface area contributed by atoms with Crippen LogP contribution >= 0.6 is 35.0 Å². The number of hydrogen-bond acceptors (Lipinski definition) is 7. The lowest BCUT2D eigenvalue weighted by atomic mass is 10.1. The second-order valence-electron chi connectivity index (χ2n) is 7.77. The van der Waals surface area contributed by atoms with Crippen molar-refractivity contribution in [2.45, 2.75) is 5.16 Å². The Balaban J connectivity index is 1.67. The molecule has 188 valence electrons. The topological polar surface area (TPSA) is 70.8 Å². The molecular formula is C26H19Cl2FN4O3S. The van der Waals surface area contributed by atoms with Crippen LogP contribution in [0, 0.1) is 5.82 Å². The van der Waals surface area contributed by atoms with Crippen LogP contribution in [0.2, 0.25) is 10.0 Å². The van der Waals surface area contributed by atoms with Gasteiger partial charge in [0.2, 0.25) is 5.16 Å². The van der Waals surface area contributed by atoms with Gasteiger partial charge in [-0.15, -0.1) is 10.2 Å². The van der Waals surface area contributed by atoms with Gasteiger partial charge in [-0.2, -0.15) is 9.78 Å². The van der Waals surface area contributed by atoms with E-state index in [0.717, 1.165) is 11.1 Å². The van der Waals surface area contributed by atoms with Crippen LogP contribution < -0.4 is 14.2 Å². The van der Waals surface area contributed by atoms with E-state index in [1.807, 2.05) is 42.5 Å². The number of rotatable bonds is 6. The second-order valence-corrected chi connectivity index (χ2v) is 9.59. The van der Waals surface area contributed by atoms with Gasteiger partial charge in [-0.25, -0.2) is 4.39 Å². The quantitative estimate of drug-likeness (QED) is 0.243. The molecule has 0 radical (unpaired) electrons. The van der Waals surface area contributed by atoms with Crippen LogP contribution in [0.4, 0.5) is 4.39 Å². The molecule has 5 rings (SSSR count). The number of aromatic nitrogens is 3. The van der Waals surface area contributed by atoms with Crippen LogP contribution in [0.5, 0.6) is 17.2 Å². The first-order valence-corrected chi connectivity index (χ1v) is 12.4. The average Bonchev–Trinajstić information content (AvgIpc) is 3.33. The second kappa shape index (κ2) is 10.5. The first-order valence-electron chi connectivity index (χ1n) is 10.9. The van der Waals surface area contributed by atoms with E-state index in [1.54, 1.807) is 32.1 Å². The monoisotopic (exact) mass is 556 g/mol. The zero-order valence-corrected chi connectivity index (χ0v) is 22.2. The third kappa shape index (κ3) is 4.90. The summed E-state index contributed by atoms with van der Waals surface area (Å²) in [6, 6.07) is 15.5. The molecule has 7 nitrogen and oxygen atoms in total. The number of nitrogens with zero attached hydrogens (tertiary/aromatic N) is 4. The van der Waals surface area contributed by atoms with E-state index < -0.39 is 5.82 Å². The lowest BCUT2D eigenvalue weighted by molar-refractivity contribution is 0.355. The van der Waals surface area contributed by atoms with E-state index in [4.69, 9.17) is 42.5 Å². The fraction of sp³-hybridized carbons (Fsp3) is 0.115. The lowest BCUT2D eigenvalue weighted by Crippen LogP contribution is -2.13. The van der Waals surface area contributed by atoms with E-state index in [9.17, 15) is 4.39 Å². The Morgan fingerprint density at radius 2 is 1.62 bits per heavy atom. The standard InChI is InChI=1S/C26H19Cl2FN4O3S/c1-34-16-7-5-15(6-8-16)25-30-31-26-33(25)32-24(17-12-20(29)19(28)13-18(17)27)23(37-26)11-14-4-9-21(35-2)22(10-14)36-3/h4-13H,1-3H3/b23-11-. The lowest BCUT2D eigenvalue weighted by Gasteiger charge is -2.18. The molecule has 1 aliphatic rings. The van der Waals surface area contributed by atoms with Crippen molar-refractivity contribution >= 4 is 46.8 Å². The fourth-order valence-electron chi connectivity index (χ4n) is 3.72. The number of halogens is 3. The number of methoxy groups -OCH3 is 3. The van der Waals surface area contributed by atoms with E-state index >= 15 is 0 Å². The van der Waals surface area contributed by atoms with E-state index in [1.165, 1.54) is 23.9 Å². The maximum absolute atomic E-state index is 14.6. The van der Waals surface area contributed by atoms with E-state index in [2.05, 4.69) is 10.2 Å². The SMILES string of the molecule is COc1ccc(-c2nnc3n2N=C(c2cc(F)c(Cl)cc2Cl)/C(=C/c2ccc(OC)c(OC)c2)S3)cc1. The highest BCUT2D eigenvalue weighted by molar-refractivity contribution is 8.04. The molecule has 0 saturated carbocycles. The maximum atomic E-state index is 14.6. The Morgan fingerprint density at radius 3 is 2.32 bits per heavy atom. The molecule has 2 heterocycles. The van der Waals surface area contributed by atoms with Crippen LogP contribution in [0.1, 0.15) is 11.1 Å². The number of benzene rings is 3. The molecule has 0 amide bonds. The van der Waals surface area contributed by atoms with Gasteiger partial charge in [0, 0.05) is 16.0 Å². The van der Waals surface area contributed by atoms with Gasteiger partial charge in [0.05, 0.1) is 31.4 Å². The first-order chi connectivity index (χ1) is 17.9. The summed E-state index contributed by atoms with van der Waals surface area (Å²) in [5.74, 6) is 1.78. The molecule has 4 aromatic rings. The molecule has 0 atom stereocenters. The molecule has 0 aliphatic carbocycles. The Bertz CT molecular complexity index is 1550. The minimum atomic E-state index is -0.607. The van der Waals surface area contributed by atoms with Gasteiger partial charge < -0.3 is 14.2 Å². The third-order valence-corrected chi connectivity index (χ3v) is 7.14. The van der Waals surface area contributed by atoms with Gasteiger partial charge in [-0.05, 0) is 71.9 Å². The Hall–Kier alpha value is -3.53. The molecule has 37 heavy (non-hydrogen) atoms. The normalized spacial score (nSPS) is 13.8. The predicted molar refractivity (Wildman–Crippen MR) is 144 cm³/mol. The number of hydrogen-bond donors (Lipinski definition) is 0. The number of fused-ring (bicyclic) bond motifs is 1. The summed E-state index contributed by atoms with van der Waals surface area (Å²) >= 11 is 13.8. The van der Waals surface area contributed by atoms with Crippen LogP contribution in [0.15, 0.2) is 69.8 Å². The Kier molecular flexibility index (Phi) is 7.10. The van der Waals surface area contributed by atoms with Crippen molar-refractivity contribution in [2.24, 2.45) is 5.10 Å². The summed E-state index contributed by atoms with van der Waals surface area (Å²) in [6.07, 6.45) is 1.89. The highest BCUT2D eigenvalue weighted by atomic mass is 35.5. The largest absolute Gasteiger partial charge is 0.497 e. The summed E-state index contributed by atoms with van der Waals surface area (Å²) in [4.78, 5) is 0.678. The first kappa shape index (κ1) is 25.1. The number of allylic oxidation sites excluding steroid dienone is 1. The maximum Gasteiger partial charge on any atom is 0.217 e. The minimum Gasteiger partial charge on any atom is -0.497 e. The van der Waals surface area contributed by atoms with Crippen molar-refractivity contribution in [2.75, 3.05) is 21.3 Å². The van der Waals surface area contributed by atoms with Crippen LogP contribution in [0.3, 0.4) is 0 Å². The predicted octanol–water partition coefficient (Wildman–Crippen LogP) is 6.82. The van der Waals surface area contributed by atoms with E-state index in [0.29, 0.717) is 44.4 Å². The highest BCUT2D eigenvalue weighted by Crippen LogP contribution is 2.39. The van der Waals surface area contributed by atoms with Gasteiger partial charge in [0.15, 0.2) is 17.3 Å². The van der Waals surface area contributed by atoms with Crippen molar-refractivity contribution in [3.05, 3.63) is 86.5 Å². The van der Waals surface area contributed by atoms with Crippen molar-refractivity contribution in [3.63, 3.8) is 0 Å². The van der Waals surface area contributed by atoms with Gasteiger partial charge in [-0.1, -0.05) is 29.3 Å². The van der Waals surface area contributed by atoms with Gasteiger partial charge in [-0.3, -0.25) is 0 Å². The van der Waals surface area contributed by atoms with Crippen molar-refractivity contribution in [1.29, 1.82) is 0 Å². The average molecular weight is 557 g/mol. The number of thioether (sulfide) groups is 1. The molecule has 1 aliphatic heterocycles. The van der Waals surface area contributed by atoms with Crippen molar-refractivity contribution < 1.29 is 18.6 Å². The van der Waals surface area contributed by atoms with E-state index in [-0.39, 0.29) is 10.0 Å². The summed E-state index contributed by atoms with van der Waals surface area (Å²) in [7, 11) is 4.74. The molecule has 0 bridgehead atoms. The molecule has 0 fully saturated rings. The zero-order valence-electron chi connectivity index (χ0n) is 19.8. The highest BCUT2D eigenvalue weighted by Gasteiger charge is 2.27. The Labute approximate surface area is 226 Å². The third-order valence-electron chi connectivity index (χ3n) is 5.57. The van der Waals surface area contributed by atoms with Crippen LogP contribution in [0.25, 0.3) is 17.5 Å². The minimum absolute atomic E-state index is 0.0767. The number of ether oxygens (including phenoxy) is 3. The van der Waals surface area contributed by atoms with Gasteiger partial charge >= 0.3 is 0 Å². The summed E-state index contributed by atoms with van der Waals surface area (Å²) < 4.78 is 32.2. The summed E-state index contributed by atoms with van der Waals surface area (Å²) in [5, 5.41) is 14.2. The summed E-state index contributed by atoms with van der Waals surface area (Å²) in [5.41, 5.74) is 2.40. The Morgan fingerprint density at radius 1 is 0.865 bits per heavy atom. The summed E-state index contributed by atoms with van der Waals surface area (Å²) in [6.45, 7) is 0. The molecule has 0 spiro atoms. The molecule has 3 aromatic carbocycles.